The van der Waals surface area contributed by atoms with E-state index in [1.54, 1.807) is 9.80 Å². The van der Waals surface area contributed by atoms with E-state index in [9.17, 15) is 14.4 Å². The number of benzene rings is 3. The van der Waals surface area contributed by atoms with Crippen LogP contribution in [0.3, 0.4) is 0 Å². The van der Waals surface area contributed by atoms with Gasteiger partial charge in [-0.2, -0.15) is 0 Å². The van der Waals surface area contributed by atoms with Crippen LogP contribution in [0.15, 0.2) is 84.8 Å². The number of hydrogen-bond donors (Lipinski definition) is 2. The number of amides is 3. The zero-order chi connectivity index (χ0) is 36.7. The minimum atomic E-state index is -0.486. The molecule has 12 heteroatoms. The quantitative estimate of drug-likeness (QED) is 0.170. The molecule has 3 aromatic carbocycles. The number of piperazine rings is 2. The lowest BCUT2D eigenvalue weighted by molar-refractivity contribution is -0.119. The molecule has 0 aliphatic carbocycles. The van der Waals surface area contributed by atoms with Crippen molar-refractivity contribution in [3.63, 3.8) is 0 Å². The molecular formula is C40H47N7O4S. The molecule has 1 aromatic heterocycles. The predicted molar refractivity (Wildman–Crippen MR) is 207 cm³/mol. The van der Waals surface area contributed by atoms with E-state index in [1.807, 2.05) is 74.7 Å². The fourth-order valence-electron chi connectivity index (χ4n) is 6.13. The van der Waals surface area contributed by atoms with E-state index in [0.717, 1.165) is 98.2 Å². The number of rotatable bonds is 11. The van der Waals surface area contributed by atoms with E-state index < -0.39 is 5.60 Å². The summed E-state index contributed by atoms with van der Waals surface area (Å²) in [5.74, 6) is -0.241. The van der Waals surface area contributed by atoms with Gasteiger partial charge in [-0.15, -0.1) is 11.3 Å². The second kappa shape index (κ2) is 16.5. The Labute approximate surface area is 309 Å². The molecular weight excluding hydrogens is 675 g/mol. The first kappa shape index (κ1) is 36.7. The fourth-order valence-corrected chi connectivity index (χ4v) is 6.85. The lowest BCUT2D eigenvalue weighted by atomic mass is 10.1. The van der Waals surface area contributed by atoms with Crippen molar-refractivity contribution >= 4 is 46.8 Å². The van der Waals surface area contributed by atoms with Gasteiger partial charge in [0.05, 0.1) is 5.69 Å². The molecule has 4 aromatic rings. The number of ether oxygens (including phenoxy) is 1. The maximum Gasteiger partial charge on any atom is 0.410 e. The second-order valence-electron chi connectivity index (χ2n) is 14.2. The molecule has 0 atom stereocenters. The van der Waals surface area contributed by atoms with Crippen molar-refractivity contribution in [2.75, 3.05) is 63.0 Å². The summed E-state index contributed by atoms with van der Waals surface area (Å²) in [4.78, 5) is 49.2. The van der Waals surface area contributed by atoms with Gasteiger partial charge in [0.1, 0.15) is 5.60 Å². The molecule has 0 unspecified atom stereocenters. The van der Waals surface area contributed by atoms with Gasteiger partial charge >= 0.3 is 6.09 Å². The molecule has 0 bridgehead atoms. The predicted octanol–water partition coefficient (Wildman–Crippen LogP) is 6.47. The van der Waals surface area contributed by atoms with Gasteiger partial charge in [-0.05, 0) is 61.7 Å². The number of carbonyl (C=O) groups is 3. The van der Waals surface area contributed by atoms with E-state index in [2.05, 4.69) is 56.3 Å². The summed E-state index contributed by atoms with van der Waals surface area (Å²) >= 11 is 1.31. The number of anilines is 2. The average Bonchev–Trinajstić information content (AvgIpc) is 3.64. The molecule has 2 aliphatic heterocycles. The van der Waals surface area contributed by atoms with Crippen LogP contribution in [-0.4, -0.2) is 101 Å². The van der Waals surface area contributed by atoms with Crippen molar-refractivity contribution in [3.8, 4) is 11.3 Å². The molecule has 0 radical (unpaired) electrons. The van der Waals surface area contributed by atoms with Crippen LogP contribution in [0.2, 0.25) is 0 Å². The molecule has 2 N–H and O–H groups in total. The molecule has 11 nitrogen and oxygen atoms in total. The van der Waals surface area contributed by atoms with Gasteiger partial charge in [-0.25, -0.2) is 9.78 Å². The van der Waals surface area contributed by atoms with Crippen molar-refractivity contribution in [2.24, 2.45) is 0 Å². The summed E-state index contributed by atoms with van der Waals surface area (Å²) in [7, 11) is 0. The molecule has 272 valence electrons. The van der Waals surface area contributed by atoms with Crippen molar-refractivity contribution in [2.45, 2.75) is 39.5 Å². The molecule has 52 heavy (non-hydrogen) atoms. The van der Waals surface area contributed by atoms with Crippen LogP contribution in [0.4, 0.5) is 16.2 Å². The zero-order valence-corrected chi connectivity index (χ0v) is 31.0. The maximum absolute atomic E-state index is 13.0. The van der Waals surface area contributed by atoms with Crippen molar-refractivity contribution < 1.29 is 19.1 Å². The summed E-state index contributed by atoms with van der Waals surface area (Å²) in [5, 5.41) is 8.66. The van der Waals surface area contributed by atoms with Gasteiger partial charge in [-0.3, -0.25) is 19.4 Å². The topological polar surface area (TPSA) is 110 Å². The summed E-state index contributed by atoms with van der Waals surface area (Å²) in [6.45, 7) is 17.7. The fraction of sp³-hybridized carbons (Fsp3) is 0.350. The highest BCUT2D eigenvalue weighted by atomic mass is 32.1. The monoisotopic (exact) mass is 721 g/mol. The molecule has 3 heterocycles. The first-order valence-electron chi connectivity index (χ1n) is 17.6. The van der Waals surface area contributed by atoms with E-state index in [1.165, 1.54) is 16.9 Å². The smallest absolute Gasteiger partial charge is 0.410 e. The normalized spacial score (nSPS) is 15.6. The number of hydrogen-bond acceptors (Lipinski definition) is 9. The third-order valence-electron chi connectivity index (χ3n) is 9.08. The van der Waals surface area contributed by atoms with Gasteiger partial charge in [0, 0.05) is 93.5 Å². The zero-order valence-electron chi connectivity index (χ0n) is 30.1. The minimum Gasteiger partial charge on any atom is -0.444 e. The standard InChI is InChI=1S/C40H47N7O4S/c1-29(41-34-13-5-30(6-14-34)26-45-21-23-47(24-22-45)39(50)51-40(2,3)4)32-9-11-33(12-10-32)36-27-52-38(43-36)37(49)42-35-15-7-31(8-16-35)25-44-17-19-46(28-48)20-18-44/h5-16,27-28,41H,1,17-26H2,2-4H3,(H,42,49). The Morgan fingerprint density at radius 2 is 1.33 bits per heavy atom. The summed E-state index contributed by atoms with van der Waals surface area (Å²) in [6.07, 6.45) is 0.672. The Hall–Kier alpha value is -5.04. The highest BCUT2D eigenvalue weighted by Crippen LogP contribution is 2.26. The number of thiazole rings is 1. The second-order valence-corrected chi connectivity index (χ2v) is 15.1. The third-order valence-corrected chi connectivity index (χ3v) is 9.92. The van der Waals surface area contributed by atoms with Crippen molar-refractivity contribution in [3.05, 3.63) is 106 Å². The van der Waals surface area contributed by atoms with Crippen LogP contribution in [0.1, 0.15) is 47.3 Å². The Bertz CT molecular complexity index is 1840. The molecule has 0 spiro atoms. The minimum absolute atomic E-state index is 0.241. The van der Waals surface area contributed by atoms with Crippen LogP contribution < -0.4 is 10.6 Å². The third kappa shape index (κ3) is 10.1. The van der Waals surface area contributed by atoms with Crippen LogP contribution in [0, 0.1) is 0 Å². The molecule has 2 saturated heterocycles. The molecule has 3 amide bonds. The molecule has 0 saturated carbocycles. The lowest BCUT2D eigenvalue weighted by Gasteiger charge is -2.35. The average molecular weight is 722 g/mol. The van der Waals surface area contributed by atoms with Crippen LogP contribution in [-0.2, 0) is 22.6 Å². The first-order chi connectivity index (χ1) is 25.0. The first-order valence-corrected chi connectivity index (χ1v) is 18.5. The summed E-state index contributed by atoms with van der Waals surface area (Å²) in [5.41, 5.74) is 6.95. The van der Waals surface area contributed by atoms with E-state index in [4.69, 9.17) is 4.74 Å². The van der Waals surface area contributed by atoms with Crippen LogP contribution in [0.5, 0.6) is 0 Å². The number of nitrogens with one attached hydrogen (secondary N) is 2. The van der Waals surface area contributed by atoms with E-state index >= 15 is 0 Å². The summed E-state index contributed by atoms with van der Waals surface area (Å²) in [6, 6.07) is 24.2. The molecule has 2 aliphatic rings. The number of aromatic nitrogens is 1. The Morgan fingerprint density at radius 3 is 1.87 bits per heavy atom. The van der Waals surface area contributed by atoms with Gasteiger partial charge in [0.25, 0.3) is 5.91 Å². The van der Waals surface area contributed by atoms with Gasteiger partial charge in [-0.1, -0.05) is 55.1 Å². The molecule has 6 rings (SSSR count). The Kier molecular flexibility index (Phi) is 11.7. The van der Waals surface area contributed by atoms with Crippen LogP contribution >= 0.6 is 11.3 Å². The lowest BCUT2D eigenvalue weighted by Crippen LogP contribution is -2.49. The largest absolute Gasteiger partial charge is 0.444 e. The van der Waals surface area contributed by atoms with Crippen molar-refractivity contribution in [1.82, 2.24) is 24.6 Å². The van der Waals surface area contributed by atoms with Crippen LogP contribution in [0.25, 0.3) is 17.0 Å². The highest BCUT2D eigenvalue weighted by Gasteiger charge is 2.26. The van der Waals surface area contributed by atoms with E-state index in [-0.39, 0.29) is 12.0 Å². The SMILES string of the molecule is C=C(Nc1ccc(CN2CCN(C(=O)OC(C)(C)C)CC2)cc1)c1ccc(-c2csc(C(=O)Nc3ccc(CN4CCN(C=O)CC4)cc3)n2)cc1. The summed E-state index contributed by atoms with van der Waals surface area (Å²) < 4.78 is 5.51. The van der Waals surface area contributed by atoms with Gasteiger partial charge in [0.15, 0.2) is 5.01 Å². The van der Waals surface area contributed by atoms with Gasteiger partial charge < -0.3 is 25.2 Å². The Balaban J connectivity index is 0.949. The number of nitrogens with zero attached hydrogens (tertiary/aromatic N) is 5. The Morgan fingerprint density at radius 1 is 0.788 bits per heavy atom. The number of carbonyl (C=O) groups excluding carboxylic acids is 3. The maximum atomic E-state index is 13.0. The highest BCUT2D eigenvalue weighted by molar-refractivity contribution is 7.12. The van der Waals surface area contributed by atoms with E-state index in [0.29, 0.717) is 18.1 Å². The molecule has 2 fully saturated rings. The van der Waals surface area contributed by atoms with Gasteiger partial charge in [0.2, 0.25) is 6.41 Å². The van der Waals surface area contributed by atoms with Crippen molar-refractivity contribution in [1.29, 1.82) is 0 Å².